The molecule has 1 atom stereocenters. The molecule has 0 saturated carbocycles. The van der Waals surface area contributed by atoms with E-state index >= 15 is 0 Å². The van der Waals surface area contributed by atoms with Crippen molar-refractivity contribution in [3.63, 3.8) is 0 Å². The smallest absolute Gasteiger partial charge is 0.352 e. The Balaban J connectivity index is 0.00000361. The zero-order valence-electron chi connectivity index (χ0n) is 9.97. The molecule has 0 aromatic heterocycles. The molecule has 1 N–H and O–H groups in total. The van der Waals surface area contributed by atoms with Crippen molar-refractivity contribution in [2.75, 3.05) is 0 Å². The molecule has 0 bridgehead atoms. The summed E-state index contributed by atoms with van der Waals surface area (Å²) in [6, 6.07) is 0.241. The fourth-order valence-corrected chi connectivity index (χ4v) is 1.43. The van der Waals surface area contributed by atoms with E-state index in [0.717, 1.165) is 0 Å². The van der Waals surface area contributed by atoms with Crippen LogP contribution in [-0.4, -0.2) is 6.41 Å². The van der Waals surface area contributed by atoms with E-state index in [1.165, 1.54) is 6.92 Å². The zero-order valence-corrected chi connectivity index (χ0v) is 10.8. The average molecular weight is 322 g/mol. The SMILES string of the molecule is C[C@@H](NC=O)c1cc(C(F)(F)F)cc(C(F)(F)F)c1.Cl. The summed E-state index contributed by atoms with van der Waals surface area (Å²) < 4.78 is 75.2. The lowest BCUT2D eigenvalue weighted by atomic mass is 10.0. The van der Waals surface area contributed by atoms with Gasteiger partial charge in [0.15, 0.2) is 0 Å². The third-order valence-electron chi connectivity index (χ3n) is 2.43. The van der Waals surface area contributed by atoms with Crippen molar-refractivity contribution in [2.45, 2.75) is 25.3 Å². The largest absolute Gasteiger partial charge is 0.416 e. The van der Waals surface area contributed by atoms with Crippen LogP contribution < -0.4 is 5.32 Å². The van der Waals surface area contributed by atoms with E-state index in [-0.39, 0.29) is 30.4 Å². The molecule has 1 rings (SSSR count). The van der Waals surface area contributed by atoms with Gasteiger partial charge in [-0.3, -0.25) is 4.79 Å². The van der Waals surface area contributed by atoms with E-state index in [2.05, 4.69) is 5.32 Å². The first-order valence-corrected chi connectivity index (χ1v) is 5.05. The van der Waals surface area contributed by atoms with Crippen LogP contribution in [0.4, 0.5) is 26.3 Å². The number of hydrogen-bond donors (Lipinski definition) is 1. The lowest BCUT2D eigenvalue weighted by Crippen LogP contribution is -2.19. The Kier molecular flexibility index (Phi) is 5.88. The van der Waals surface area contributed by atoms with Crippen LogP contribution in [0.25, 0.3) is 0 Å². The molecule has 0 heterocycles. The standard InChI is InChI=1S/C11H9F6NO.ClH/c1-6(18-5-19)7-2-8(10(12,13)14)4-9(3-7)11(15,16)17;/h2-6H,1H3,(H,18,19);1H/t6-;/m1./s1. The van der Waals surface area contributed by atoms with Crippen molar-refractivity contribution >= 4 is 18.8 Å². The molecule has 0 aliphatic rings. The van der Waals surface area contributed by atoms with Gasteiger partial charge in [-0.25, -0.2) is 0 Å². The molecule has 1 aromatic carbocycles. The van der Waals surface area contributed by atoms with E-state index in [1.54, 1.807) is 0 Å². The van der Waals surface area contributed by atoms with Crippen LogP contribution in [0.3, 0.4) is 0 Å². The van der Waals surface area contributed by atoms with Gasteiger partial charge in [-0.05, 0) is 30.7 Å². The quantitative estimate of drug-likeness (QED) is 0.663. The maximum absolute atomic E-state index is 12.5. The molecule has 114 valence electrons. The van der Waals surface area contributed by atoms with E-state index in [1.807, 2.05) is 0 Å². The molecule has 0 spiro atoms. The number of amides is 1. The maximum Gasteiger partial charge on any atom is 0.416 e. The molecule has 0 aliphatic heterocycles. The topological polar surface area (TPSA) is 29.1 Å². The Morgan fingerprint density at radius 3 is 1.70 bits per heavy atom. The van der Waals surface area contributed by atoms with E-state index in [4.69, 9.17) is 0 Å². The monoisotopic (exact) mass is 321 g/mol. The molecule has 0 fully saturated rings. The lowest BCUT2D eigenvalue weighted by Gasteiger charge is -2.17. The molecule has 1 aromatic rings. The van der Waals surface area contributed by atoms with E-state index < -0.39 is 29.5 Å². The summed E-state index contributed by atoms with van der Waals surface area (Å²) in [7, 11) is 0. The first-order valence-electron chi connectivity index (χ1n) is 5.05. The minimum atomic E-state index is -4.89. The molecule has 0 unspecified atom stereocenters. The van der Waals surface area contributed by atoms with Gasteiger partial charge in [0.05, 0.1) is 17.2 Å². The van der Waals surface area contributed by atoms with Crippen molar-refractivity contribution in [1.29, 1.82) is 0 Å². The molecule has 2 nitrogen and oxygen atoms in total. The molecule has 1 amide bonds. The highest BCUT2D eigenvalue weighted by molar-refractivity contribution is 5.85. The average Bonchev–Trinajstić information content (AvgIpc) is 2.26. The number of carbonyl (C=O) groups excluding carboxylic acids is 1. The van der Waals surface area contributed by atoms with Gasteiger partial charge in [-0.1, -0.05) is 0 Å². The first kappa shape index (κ1) is 18.6. The third-order valence-corrected chi connectivity index (χ3v) is 2.43. The maximum atomic E-state index is 12.5. The summed E-state index contributed by atoms with van der Waals surface area (Å²) in [5.41, 5.74) is -3.08. The lowest BCUT2D eigenvalue weighted by molar-refractivity contribution is -0.143. The van der Waals surface area contributed by atoms with E-state index in [0.29, 0.717) is 12.1 Å². The van der Waals surface area contributed by atoms with Gasteiger partial charge in [0, 0.05) is 0 Å². The summed E-state index contributed by atoms with van der Waals surface area (Å²) in [6.07, 6.45) is -9.58. The number of halogens is 7. The number of benzene rings is 1. The molecule has 0 saturated heterocycles. The molecular weight excluding hydrogens is 312 g/mol. The van der Waals surface area contributed by atoms with Crippen molar-refractivity contribution in [3.05, 3.63) is 34.9 Å². The zero-order chi connectivity index (χ0) is 14.8. The van der Waals surface area contributed by atoms with Crippen molar-refractivity contribution in [2.24, 2.45) is 0 Å². The Hall–Kier alpha value is -1.44. The predicted octanol–water partition coefficient (Wildman–Crippen LogP) is 3.95. The summed E-state index contributed by atoms with van der Waals surface area (Å²) in [6.45, 7) is 1.28. The Morgan fingerprint density at radius 1 is 1.00 bits per heavy atom. The first-order chi connectivity index (χ1) is 8.55. The second-order valence-corrected chi connectivity index (χ2v) is 3.85. The van der Waals surface area contributed by atoms with Gasteiger partial charge in [0.1, 0.15) is 0 Å². The van der Waals surface area contributed by atoms with Crippen LogP contribution in [-0.2, 0) is 17.1 Å². The van der Waals surface area contributed by atoms with Gasteiger partial charge in [-0.15, -0.1) is 12.4 Å². The summed E-state index contributed by atoms with van der Waals surface area (Å²) >= 11 is 0. The second kappa shape index (κ2) is 6.34. The number of hydrogen-bond acceptors (Lipinski definition) is 1. The predicted molar refractivity (Wildman–Crippen MR) is 61.3 cm³/mol. The highest BCUT2D eigenvalue weighted by Crippen LogP contribution is 2.37. The normalized spacial score (nSPS) is 13.3. The van der Waals surface area contributed by atoms with Crippen molar-refractivity contribution in [3.8, 4) is 0 Å². The fraction of sp³-hybridized carbons (Fsp3) is 0.364. The number of nitrogens with one attached hydrogen (secondary N) is 1. The van der Waals surface area contributed by atoms with E-state index in [9.17, 15) is 31.1 Å². The third kappa shape index (κ3) is 4.59. The molecular formula is C11H10ClF6NO. The van der Waals surface area contributed by atoms with Crippen LogP contribution in [0, 0.1) is 0 Å². The fourth-order valence-electron chi connectivity index (χ4n) is 1.43. The van der Waals surface area contributed by atoms with Gasteiger partial charge >= 0.3 is 12.4 Å². The van der Waals surface area contributed by atoms with Crippen molar-refractivity contribution < 1.29 is 31.1 Å². The van der Waals surface area contributed by atoms with Crippen LogP contribution in [0.1, 0.15) is 29.7 Å². The van der Waals surface area contributed by atoms with Gasteiger partial charge in [0.2, 0.25) is 6.41 Å². The van der Waals surface area contributed by atoms with Gasteiger partial charge in [-0.2, -0.15) is 26.3 Å². The Morgan fingerprint density at radius 2 is 1.40 bits per heavy atom. The van der Waals surface area contributed by atoms with Crippen LogP contribution in [0.15, 0.2) is 18.2 Å². The van der Waals surface area contributed by atoms with Crippen LogP contribution in [0.5, 0.6) is 0 Å². The number of rotatable bonds is 3. The molecule has 20 heavy (non-hydrogen) atoms. The number of carbonyl (C=O) groups is 1. The van der Waals surface area contributed by atoms with Crippen LogP contribution in [0.2, 0.25) is 0 Å². The van der Waals surface area contributed by atoms with Crippen molar-refractivity contribution in [1.82, 2.24) is 5.32 Å². The molecule has 0 aliphatic carbocycles. The summed E-state index contributed by atoms with van der Waals surface area (Å²) in [5.74, 6) is 0. The Labute approximate surface area is 116 Å². The number of alkyl halides is 6. The summed E-state index contributed by atoms with van der Waals surface area (Å²) in [5, 5.41) is 2.10. The minimum Gasteiger partial charge on any atom is -0.352 e. The molecule has 9 heteroatoms. The van der Waals surface area contributed by atoms with Crippen LogP contribution >= 0.6 is 12.4 Å². The minimum absolute atomic E-state index is 0. The Bertz CT molecular complexity index is 439. The summed E-state index contributed by atoms with van der Waals surface area (Å²) in [4.78, 5) is 10.2. The van der Waals surface area contributed by atoms with Gasteiger partial charge in [0.25, 0.3) is 0 Å². The van der Waals surface area contributed by atoms with Gasteiger partial charge < -0.3 is 5.32 Å². The highest BCUT2D eigenvalue weighted by atomic mass is 35.5. The highest BCUT2D eigenvalue weighted by Gasteiger charge is 2.37. The molecule has 0 radical (unpaired) electrons. The second-order valence-electron chi connectivity index (χ2n) is 3.85.